The Morgan fingerprint density at radius 2 is 2.19 bits per heavy atom. The predicted octanol–water partition coefficient (Wildman–Crippen LogP) is 1.86. The van der Waals surface area contributed by atoms with Gasteiger partial charge in [0, 0.05) is 0 Å². The van der Waals surface area contributed by atoms with Gasteiger partial charge >= 0.3 is 6.55 Å². The molecule has 1 N–H and O–H groups in total. The first kappa shape index (κ1) is 10.7. The lowest BCUT2D eigenvalue weighted by Crippen LogP contribution is -1.98. The van der Waals surface area contributed by atoms with Crippen LogP contribution in [0.4, 0.5) is 20.4 Å². The molecule has 6 nitrogen and oxygen atoms in total. The van der Waals surface area contributed by atoms with Crippen LogP contribution >= 0.6 is 11.6 Å². The standard InChI is InChI=1S/C7H5ClF2N6/c8-5-11-3-12-7(15-5)14-4-1-13-16(2-4)6(9)10/h1-3,6H,(H,11,12,14,15). The molecule has 0 aromatic carbocycles. The van der Waals surface area contributed by atoms with Crippen LogP contribution in [0.2, 0.25) is 5.28 Å². The predicted molar refractivity (Wildman–Crippen MR) is 51.6 cm³/mol. The van der Waals surface area contributed by atoms with E-state index in [-0.39, 0.29) is 11.2 Å². The highest BCUT2D eigenvalue weighted by Gasteiger charge is 2.08. The van der Waals surface area contributed by atoms with E-state index in [1.807, 2.05) is 0 Å². The fourth-order valence-corrected chi connectivity index (χ4v) is 1.10. The number of aromatic nitrogens is 5. The van der Waals surface area contributed by atoms with Crippen molar-refractivity contribution < 1.29 is 8.78 Å². The summed E-state index contributed by atoms with van der Waals surface area (Å²) in [5.74, 6) is 0.161. The van der Waals surface area contributed by atoms with Crippen LogP contribution in [0.3, 0.4) is 0 Å². The summed E-state index contributed by atoms with van der Waals surface area (Å²) < 4.78 is 24.9. The molecule has 0 fully saturated rings. The molecule has 0 aliphatic carbocycles. The highest BCUT2D eigenvalue weighted by atomic mass is 35.5. The smallest absolute Gasteiger partial charge is 0.321 e. The van der Waals surface area contributed by atoms with Gasteiger partial charge < -0.3 is 5.32 Å². The zero-order valence-corrected chi connectivity index (χ0v) is 8.44. The maximum atomic E-state index is 12.2. The molecule has 2 heterocycles. The number of nitrogens with one attached hydrogen (secondary N) is 1. The highest BCUT2D eigenvalue weighted by Crippen LogP contribution is 2.15. The van der Waals surface area contributed by atoms with Crippen molar-refractivity contribution in [3.63, 3.8) is 0 Å². The Morgan fingerprint density at radius 3 is 2.81 bits per heavy atom. The lowest BCUT2D eigenvalue weighted by molar-refractivity contribution is 0.0566. The molecule has 2 aromatic rings. The number of hydrogen-bond acceptors (Lipinski definition) is 5. The SMILES string of the molecule is FC(F)n1cc(Nc2ncnc(Cl)n2)cn1. The average Bonchev–Trinajstić information content (AvgIpc) is 2.66. The molecule has 16 heavy (non-hydrogen) atoms. The third-order valence-electron chi connectivity index (χ3n) is 1.60. The van der Waals surface area contributed by atoms with Gasteiger partial charge in [0.2, 0.25) is 11.2 Å². The van der Waals surface area contributed by atoms with Crippen molar-refractivity contribution in [1.29, 1.82) is 0 Å². The van der Waals surface area contributed by atoms with Crippen molar-refractivity contribution in [3.8, 4) is 0 Å². The van der Waals surface area contributed by atoms with Gasteiger partial charge in [0.15, 0.2) is 0 Å². The Labute approximate surface area is 93.3 Å². The van der Waals surface area contributed by atoms with Crippen LogP contribution in [0, 0.1) is 0 Å². The molecule has 0 atom stereocenters. The number of alkyl halides is 2. The van der Waals surface area contributed by atoms with Gasteiger partial charge in [-0.15, -0.1) is 0 Å². The van der Waals surface area contributed by atoms with Crippen LogP contribution in [-0.4, -0.2) is 24.7 Å². The lowest BCUT2D eigenvalue weighted by atomic mass is 10.6. The minimum atomic E-state index is -2.68. The quantitative estimate of drug-likeness (QED) is 0.895. The molecule has 0 bridgehead atoms. The van der Waals surface area contributed by atoms with Crippen LogP contribution in [-0.2, 0) is 0 Å². The van der Waals surface area contributed by atoms with E-state index < -0.39 is 6.55 Å². The zero-order valence-electron chi connectivity index (χ0n) is 7.68. The summed E-state index contributed by atoms with van der Waals surface area (Å²) in [7, 11) is 0. The molecule has 0 radical (unpaired) electrons. The average molecular weight is 247 g/mol. The van der Waals surface area contributed by atoms with Gasteiger partial charge in [-0.25, -0.2) is 14.6 Å². The van der Waals surface area contributed by atoms with Gasteiger partial charge in [-0.05, 0) is 11.6 Å². The maximum absolute atomic E-state index is 12.2. The van der Waals surface area contributed by atoms with Crippen LogP contribution in [0.25, 0.3) is 0 Å². The summed E-state index contributed by atoms with van der Waals surface area (Å²) >= 11 is 5.52. The largest absolute Gasteiger partial charge is 0.333 e. The highest BCUT2D eigenvalue weighted by molar-refractivity contribution is 6.28. The second-order valence-electron chi connectivity index (χ2n) is 2.69. The summed E-state index contributed by atoms with van der Waals surface area (Å²) in [6, 6.07) is 0. The summed E-state index contributed by atoms with van der Waals surface area (Å²) in [6.07, 6.45) is 3.56. The number of hydrogen-bond donors (Lipinski definition) is 1. The van der Waals surface area contributed by atoms with E-state index in [9.17, 15) is 8.78 Å². The molecule has 0 unspecified atom stereocenters. The van der Waals surface area contributed by atoms with E-state index in [0.29, 0.717) is 10.4 Å². The van der Waals surface area contributed by atoms with Crippen molar-refractivity contribution in [2.45, 2.75) is 6.55 Å². The normalized spacial score (nSPS) is 10.8. The number of halogens is 3. The van der Waals surface area contributed by atoms with Gasteiger partial charge in [0.25, 0.3) is 0 Å². The van der Waals surface area contributed by atoms with E-state index in [1.165, 1.54) is 12.5 Å². The second-order valence-corrected chi connectivity index (χ2v) is 3.03. The molecule has 0 aliphatic heterocycles. The molecule has 0 aliphatic rings. The van der Waals surface area contributed by atoms with Gasteiger partial charge in [0.05, 0.1) is 18.1 Å². The molecule has 2 aromatic heterocycles. The Hall–Kier alpha value is -1.83. The zero-order chi connectivity index (χ0) is 11.5. The van der Waals surface area contributed by atoms with Gasteiger partial charge in [-0.3, -0.25) is 0 Å². The molecule has 0 saturated carbocycles. The molecule has 0 saturated heterocycles. The monoisotopic (exact) mass is 246 g/mol. The number of nitrogens with zero attached hydrogens (tertiary/aromatic N) is 5. The number of rotatable bonds is 3. The molecule has 2 rings (SSSR count). The van der Waals surface area contributed by atoms with Crippen molar-refractivity contribution in [2.24, 2.45) is 0 Å². The number of anilines is 2. The van der Waals surface area contributed by atoms with Crippen LogP contribution in [0.5, 0.6) is 0 Å². The fraction of sp³-hybridized carbons (Fsp3) is 0.143. The van der Waals surface area contributed by atoms with Crippen LogP contribution in [0.1, 0.15) is 6.55 Å². The van der Waals surface area contributed by atoms with Gasteiger partial charge in [-0.2, -0.15) is 18.9 Å². The Kier molecular flexibility index (Phi) is 2.91. The minimum absolute atomic E-state index is 0.0127. The minimum Gasteiger partial charge on any atom is -0.321 e. The van der Waals surface area contributed by atoms with Crippen LogP contribution < -0.4 is 5.32 Å². The fourth-order valence-electron chi connectivity index (χ4n) is 0.975. The third-order valence-corrected chi connectivity index (χ3v) is 1.78. The van der Waals surface area contributed by atoms with Crippen molar-refractivity contribution in [2.75, 3.05) is 5.32 Å². The summed E-state index contributed by atoms with van der Waals surface area (Å²) in [4.78, 5) is 11.1. The Bertz CT molecular complexity index is 487. The van der Waals surface area contributed by atoms with E-state index >= 15 is 0 Å². The molecular formula is C7H5ClF2N6. The first-order valence-electron chi connectivity index (χ1n) is 4.09. The third kappa shape index (κ3) is 2.40. The molecule has 84 valence electrons. The summed E-state index contributed by atoms with van der Waals surface area (Å²) in [5, 5.41) is 6.10. The Morgan fingerprint density at radius 1 is 1.38 bits per heavy atom. The second kappa shape index (κ2) is 4.35. The van der Waals surface area contributed by atoms with Crippen molar-refractivity contribution in [3.05, 3.63) is 24.0 Å². The van der Waals surface area contributed by atoms with Gasteiger partial charge in [-0.1, -0.05) is 0 Å². The lowest BCUT2D eigenvalue weighted by Gasteiger charge is -2.00. The van der Waals surface area contributed by atoms with Gasteiger partial charge in [0.1, 0.15) is 6.33 Å². The Balaban J connectivity index is 2.14. The first-order valence-corrected chi connectivity index (χ1v) is 4.47. The van der Waals surface area contributed by atoms with E-state index in [1.54, 1.807) is 0 Å². The van der Waals surface area contributed by atoms with Crippen molar-refractivity contribution in [1.82, 2.24) is 24.7 Å². The molecular weight excluding hydrogens is 242 g/mol. The van der Waals surface area contributed by atoms with Crippen molar-refractivity contribution >= 4 is 23.2 Å². The van der Waals surface area contributed by atoms with Crippen LogP contribution in [0.15, 0.2) is 18.7 Å². The topological polar surface area (TPSA) is 68.5 Å². The first-order chi connectivity index (χ1) is 7.65. The summed E-state index contributed by atoms with van der Waals surface area (Å²) in [5.41, 5.74) is 0.336. The van der Waals surface area contributed by atoms with E-state index in [0.717, 1.165) is 6.20 Å². The molecule has 0 spiro atoms. The summed E-state index contributed by atoms with van der Waals surface area (Å²) in [6.45, 7) is -2.68. The molecule has 0 amide bonds. The van der Waals surface area contributed by atoms with E-state index in [2.05, 4.69) is 25.4 Å². The molecule has 9 heteroatoms. The van der Waals surface area contributed by atoms with E-state index in [4.69, 9.17) is 11.6 Å². The maximum Gasteiger partial charge on any atom is 0.333 e.